The predicted molar refractivity (Wildman–Crippen MR) is 119 cm³/mol. The summed E-state index contributed by atoms with van der Waals surface area (Å²) in [6, 6.07) is 12.7. The first-order valence-corrected chi connectivity index (χ1v) is 10.4. The topological polar surface area (TPSA) is 94.2 Å². The van der Waals surface area contributed by atoms with Gasteiger partial charge in [-0.25, -0.2) is 9.59 Å². The Balaban J connectivity index is 1.61. The number of nitrogens with zero attached hydrogens (tertiary/aromatic N) is 1. The van der Waals surface area contributed by atoms with Crippen LogP contribution in [-0.4, -0.2) is 48.2 Å². The molecule has 0 aromatic heterocycles. The second-order valence-electron chi connectivity index (χ2n) is 8.43. The molecule has 0 radical (unpaired) electrons. The predicted octanol–water partition coefficient (Wildman–Crippen LogP) is 4.25. The smallest absolute Gasteiger partial charge is 0.411 e. The number of amides is 2. The van der Waals surface area contributed by atoms with Crippen molar-refractivity contribution in [1.29, 1.82) is 0 Å². The van der Waals surface area contributed by atoms with E-state index >= 15 is 0 Å². The van der Waals surface area contributed by atoms with Crippen molar-refractivity contribution in [3.8, 4) is 11.5 Å². The van der Waals surface area contributed by atoms with Crippen LogP contribution in [0.15, 0.2) is 48.5 Å². The van der Waals surface area contributed by atoms with Crippen LogP contribution < -0.4 is 14.8 Å². The second kappa shape index (κ2) is 9.72. The van der Waals surface area contributed by atoms with Gasteiger partial charge in [0.05, 0.1) is 12.7 Å². The average molecular weight is 440 g/mol. The zero-order valence-electron chi connectivity index (χ0n) is 18.7. The maximum atomic E-state index is 12.7. The fourth-order valence-corrected chi connectivity index (χ4v) is 3.37. The minimum Gasteiger partial charge on any atom is -0.496 e. The number of esters is 1. The van der Waals surface area contributed by atoms with Gasteiger partial charge in [0, 0.05) is 12.2 Å². The van der Waals surface area contributed by atoms with E-state index in [2.05, 4.69) is 5.32 Å². The highest BCUT2D eigenvalue weighted by Gasteiger charge is 2.37. The maximum Gasteiger partial charge on any atom is 0.411 e. The summed E-state index contributed by atoms with van der Waals surface area (Å²) < 4.78 is 16.1. The van der Waals surface area contributed by atoms with Crippen LogP contribution in [0.1, 0.15) is 44.0 Å². The number of ether oxygens (including phenoxy) is 3. The average Bonchev–Trinajstić information content (AvgIpc) is 3.24. The number of hydrogen-bond donors (Lipinski definition) is 1. The molecule has 2 aromatic rings. The molecule has 1 heterocycles. The first-order chi connectivity index (χ1) is 15.2. The standard InChI is InChI=1S/C24H28N2O6/c1-24(2,3)32-23(29)26-15-7-9-19(26)22(28)31-17-13-11-16(12-14-17)25-21(27)18-8-5-6-10-20(18)30-4/h5-6,8,10-14,19H,7,9,15H2,1-4H3,(H,25,27)/t19-/m0/s1. The highest BCUT2D eigenvalue weighted by molar-refractivity contribution is 6.06. The summed E-state index contributed by atoms with van der Waals surface area (Å²) in [5, 5.41) is 2.78. The van der Waals surface area contributed by atoms with Crippen LogP contribution in [0.25, 0.3) is 0 Å². The summed E-state index contributed by atoms with van der Waals surface area (Å²) in [7, 11) is 1.50. The van der Waals surface area contributed by atoms with Crippen LogP contribution in [0.5, 0.6) is 11.5 Å². The van der Waals surface area contributed by atoms with Gasteiger partial charge >= 0.3 is 12.1 Å². The highest BCUT2D eigenvalue weighted by atomic mass is 16.6. The number of hydrogen-bond acceptors (Lipinski definition) is 6. The molecule has 32 heavy (non-hydrogen) atoms. The lowest BCUT2D eigenvalue weighted by Gasteiger charge is -2.27. The van der Waals surface area contributed by atoms with Gasteiger partial charge in [-0.2, -0.15) is 0 Å². The summed E-state index contributed by atoms with van der Waals surface area (Å²) in [6.07, 6.45) is 0.698. The summed E-state index contributed by atoms with van der Waals surface area (Å²) in [4.78, 5) is 39.0. The minimum atomic E-state index is -0.685. The number of para-hydroxylation sites is 1. The summed E-state index contributed by atoms with van der Waals surface area (Å²) in [6.45, 7) is 5.79. The van der Waals surface area contributed by atoms with Crippen LogP contribution >= 0.6 is 0 Å². The lowest BCUT2D eigenvalue weighted by atomic mass is 10.2. The minimum absolute atomic E-state index is 0.314. The van der Waals surface area contributed by atoms with Gasteiger partial charge < -0.3 is 19.5 Å². The third kappa shape index (κ3) is 5.78. The van der Waals surface area contributed by atoms with Gasteiger partial charge in [0.25, 0.3) is 5.91 Å². The van der Waals surface area contributed by atoms with Crippen molar-refractivity contribution in [2.45, 2.75) is 45.3 Å². The van der Waals surface area contributed by atoms with E-state index in [1.54, 1.807) is 69.3 Å². The molecule has 2 amide bonds. The Kier molecular flexibility index (Phi) is 7.02. The van der Waals surface area contributed by atoms with Crippen LogP contribution in [0.4, 0.5) is 10.5 Å². The maximum absolute atomic E-state index is 12.7. The Labute approximate surface area is 187 Å². The van der Waals surface area contributed by atoms with E-state index < -0.39 is 23.7 Å². The number of carbonyl (C=O) groups is 3. The molecule has 1 aliphatic rings. The third-order valence-corrected chi connectivity index (χ3v) is 4.84. The van der Waals surface area contributed by atoms with Gasteiger partial charge in [-0.15, -0.1) is 0 Å². The summed E-state index contributed by atoms with van der Waals surface area (Å²) >= 11 is 0. The van der Waals surface area contributed by atoms with Crippen molar-refractivity contribution in [3.05, 3.63) is 54.1 Å². The van der Waals surface area contributed by atoms with Crippen molar-refractivity contribution >= 4 is 23.7 Å². The van der Waals surface area contributed by atoms with Crippen molar-refractivity contribution in [1.82, 2.24) is 4.90 Å². The molecule has 1 saturated heterocycles. The quantitative estimate of drug-likeness (QED) is 0.552. The van der Waals surface area contributed by atoms with E-state index in [1.807, 2.05) is 0 Å². The van der Waals surface area contributed by atoms with Crippen molar-refractivity contribution < 1.29 is 28.6 Å². The molecule has 170 valence electrons. The molecule has 2 aromatic carbocycles. The fraction of sp³-hybridized carbons (Fsp3) is 0.375. The summed E-state index contributed by atoms with van der Waals surface area (Å²) in [5.74, 6) is -0.0340. The molecule has 0 saturated carbocycles. The molecular formula is C24H28N2O6. The highest BCUT2D eigenvalue weighted by Crippen LogP contribution is 2.24. The van der Waals surface area contributed by atoms with Crippen molar-refractivity contribution in [2.75, 3.05) is 19.0 Å². The van der Waals surface area contributed by atoms with Gasteiger partial charge in [-0.3, -0.25) is 9.69 Å². The zero-order valence-corrected chi connectivity index (χ0v) is 18.7. The van der Waals surface area contributed by atoms with E-state index in [4.69, 9.17) is 14.2 Å². The molecule has 1 N–H and O–H groups in total. The van der Waals surface area contributed by atoms with Crippen LogP contribution in [0, 0.1) is 0 Å². The molecular weight excluding hydrogens is 412 g/mol. The molecule has 3 rings (SSSR count). The van der Waals surface area contributed by atoms with E-state index in [-0.39, 0.29) is 5.91 Å². The van der Waals surface area contributed by atoms with Gasteiger partial charge in [0.15, 0.2) is 0 Å². The van der Waals surface area contributed by atoms with Crippen LogP contribution in [-0.2, 0) is 9.53 Å². The zero-order chi connectivity index (χ0) is 23.3. The van der Waals surface area contributed by atoms with Crippen molar-refractivity contribution in [3.63, 3.8) is 0 Å². The monoisotopic (exact) mass is 440 g/mol. The number of methoxy groups -OCH3 is 1. The normalized spacial score (nSPS) is 15.8. The van der Waals surface area contributed by atoms with Crippen molar-refractivity contribution in [2.24, 2.45) is 0 Å². The molecule has 1 fully saturated rings. The Morgan fingerprint density at radius 2 is 1.72 bits per heavy atom. The Hall–Kier alpha value is -3.55. The van der Waals surface area contributed by atoms with E-state index in [0.717, 1.165) is 0 Å². The Morgan fingerprint density at radius 1 is 1.03 bits per heavy atom. The molecule has 1 atom stereocenters. The van der Waals surface area contributed by atoms with E-state index in [1.165, 1.54) is 12.0 Å². The van der Waals surface area contributed by atoms with Gasteiger partial charge in [-0.05, 0) is 70.0 Å². The molecule has 8 heteroatoms. The van der Waals surface area contributed by atoms with Crippen LogP contribution in [0.2, 0.25) is 0 Å². The number of anilines is 1. The second-order valence-corrected chi connectivity index (χ2v) is 8.43. The molecule has 8 nitrogen and oxygen atoms in total. The van der Waals surface area contributed by atoms with Gasteiger partial charge in [0.1, 0.15) is 23.1 Å². The molecule has 0 aliphatic carbocycles. The summed E-state index contributed by atoms with van der Waals surface area (Å²) in [5.41, 5.74) is 0.309. The molecule has 0 unspecified atom stereocenters. The van der Waals surface area contributed by atoms with Gasteiger partial charge in [0.2, 0.25) is 0 Å². The first kappa shape index (κ1) is 23.1. The number of benzene rings is 2. The molecule has 1 aliphatic heterocycles. The number of nitrogens with one attached hydrogen (secondary N) is 1. The van der Waals surface area contributed by atoms with E-state index in [0.29, 0.717) is 42.1 Å². The van der Waals surface area contributed by atoms with Crippen LogP contribution in [0.3, 0.4) is 0 Å². The molecule has 0 spiro atoms. The van der Waals surface area contributed by atoms with Gasteiger partial charge in [-0.1, -0.05) is 12.1 Å². The fourth-order valence-electron chi connectivity index (χ4n) is 3.37. The first-order valence-electron chi connectivity index (χ1n) is 10.4. The Bertz CT molecular complexity index is 981. The Morgan fingerprint density at radius 3 is 2.38 bits per heavy atom. The number of carbonyl (C=O) groups excluding carboxylic acids is 3. The number of rotatable bonds is 5. The third-order valence-electron chi connectivity index (χ3n) is 4.84. The molecule has 0 bridgehead atoms. The SMILES string of the molecule is COc1ccccc1C(=O)Nc1ccc(OC(=O)[C@@H]2CCCN2C(=O)OC(C)(C)C)cc1. The lowest BCUT2D eigenvalue weighted by Crippen LogP contribution is -2.44. The largest absolute Gasteiger partial charge is 0.496 e. The van der Waals surface area contributed by atoms with E-state index in [9.17, 15) is 14.4 Å². The number of likely N-dealkylation sites (tertiary alicyclic amines) is 1. The lowest BCUT2D eigenvalue weighted by molar-refractivity contribution is -0.139.